The van der Waals surface area contributed by atoms with Gasteiger partial charge in [-0.15, -0.1) is 0 Å². The van der Waals surface area contributed by atoms with Gasteiger partial charge in [-0.25, -0.2) is 0 Å². The van der Waals surface area contributed by atoms with E-state index < -0.39 is 5.60 Å². The number of nitrogens with one attached hydrogen (secondary N) is 1. The first-order valence-corrected chi connectivity index (χ1v) is 11.4. The molecule has 5 nitrogen and oxygen atoms in total. The Morgan fingerprint density at radius 2 is 1.86 bits per heavy atom. The zero-order chi connectivity index (χ0) is 21.1. The molecule has 1 aromatic rings. The number of hydrogen-bond donors (Lipinski definition) is 1. The quantitative estimate of drug-likeness (QED) is 0.492. The van der Waals surface area contributed by atoms with Gasteiger partial charge in [-0.3, -0.25) is 9.69 Å². The minimum Gasteiger partial charge on any atom is -0.492 e. The number of unbranched alkanes of at least 4 members (excludes halogenated alkanes) is 2. The summed E-state index contributed by atoms with van der Waals surface area (Å²) < 4.78 is 11.7. The molecule has 1 heterocycles. The number of nitrogens with zero attached hydrogens (tertiary/aromatic N) is 1. The van der Waals surface area contributed by atoms with Crippen LogP contribution in [0.4, 0.5) is 5.69 Å². The number of carbonyl (C=O) groups excluding carboxylic acids is 1. The molecule has 1 aliphatic heterocycles. The molecule has 1 amide bonds. The number of rotatable bonds is 12. The maximum absolute atomic E-state index is 12.8. The Morgan fingerprint density at radius 1 is 1.17 bits per heavy atom. The summed E-state index contributed by atoms with van der Waals surface area (Å²) in [4.78, 5) is 15.3. The lowest BCUT2D eigenvalue weighted by molar-refractivity contribution is -0.139. The van der Waals surface area contributed by atoms with Crippen LogP contribution in [0.2, 0.25) is 0 Å². The van der Waals surface area contributed by atoms with E-state index in [4.69, 9.17) is 9.47 Å². The molecular weight excluding hydrogens is 364 g/mol. The van der Waals surface area contributed by atoms with Crippen LogP contribution in [-0.2, 0) is 9.53 Å². The molecule has 0 saturated carbocycles. The Kier molecular flexibility index (Phi) is 9.95. The maximum Gasteiger partial charge on any atom is 0.256 e. The third kappa shape index (κ3) is 7.98. The zero-order valence-corrected chi connectivity index (χ0v) is 18.8. The highest BCUT2D eigenvalue weighted by molar-refractivity contribution is 5.97. The summed E-state index contributed by atoms with van der Waals surface area (Å²) in [6, 6.07) is 7.63. The van der Waals surface area contributed by atoms with E-state index in [-0.39, 0.29) is 5.91 Å². The third-order valence-corrected chi connectivity index (χ3v) is 5.87. The van der Waals surface area contributed by atoms with Gasteiger partial charge in [-0.05, 0) is 76.4 Å². The average molecular weight is 405 g/mol. The molecule has 0 aliphatic carbocycles. The van der Waals surface area contributed by atoms with E-state index in [0.717, 1.165) is 49.6 Å². The number of piperidine rings is 1. The minimum absolute atomic E-state index is 0.0801. The summed E-state index contributed by atoms with van der Waals surface area (Å²) in [5, 5.41) is 3.01. The van der Waals surface area contributed by atoms with Gasteiger partial charge in [0.15, 0.2) is 0 Å². The van der Waals surface area contributed by atoms with Crippen molar-refractivity contribution < 1.29 is 14.3 Å². The van der Waals surface area contributed by atoms with Crippen LogP contribution in [0.1, 0.15) is 66.2 Å². The Balaban J connectivity index is 1.80. The lowest BCUT2D eigenvalue weighted by atomic mass is 9.96. The van der Waals surface area contributed by atoms with Gasteiger partial charge in [-0.2, -0.15) is 0 Å². The van der Waals surface area contributed by atoms with Crippen molar-refractivity contribution in [3.63, 3.8) is 0 Å². The highest BCUT2D eigenvalue weighted by atomic mass is 16.5. The van der Waals surface area contributed by atoms with Crippen LogP contribution in [0.15, 0.2) is 24.3 Å². The van der Waals surface area contributed by atoms with Crippen LogP contribution in [0.25, 0.3) is 0 Å². The van der Waals surface area contributed by atoms with Crippen molar-refractivity contribution in [3.8, 4) is 5.75 Å². The lowest BCUT2D eigenvalue weighted by Crippen LogP contribution is -2.42. The Labute approximate surface area is 177 Å². The van der Waals surface area contributed by atoms with Crippen molar-refractivity contribution in [3.05, 3.63) is 24.3 Å². The number of ether oxygens (including phenoxy) is 2. The third-order valence-electron chi connectivity index (χ3n) is 5.87. The second-order valence-electron chi connectivity index (χ2n) is 8.47. The van der Waals surface area contributed by atoms with Crippen LogP contribution in [-0.4, -0.2) is 49.3 Å². The second-order valence-corrected chi connectivity index (χ2v) is 8.47. The number of likely N-dealkylation sites (tertiary alicyclic amines) is 1. The van der Waals surface area contributed by atoms with Crippen molar-refractivity contribution in [1.29, 1.82) is 0 Å². The van der Waals surface area contributed by atoms with Gasteiger partial charge in [0.25, 0.3) is 5.91 Å². The number of carbonyl (C=O) groups is 1. The van der Waals surface area contributed by atoms with Gasteiger partial charge >= 0.3 is 0 Å². The predicted octanol–water partition coefficient (Wildman–Crippen LogP) is 5.11. The van der Waals surface area contributed by atoms with Gasteiger partial charge < -0.3 is 14.8 Å². The van der Waals surface area contributed by atoms with Crippen LogP contribution in [0.3, 0.4) is 0 Å². The highest BCUT2D eigenvalue weighted by Crippen LogP contribution is 2.23. The van der Waals surface area contributed by atoms with Gasteiger partial charge in [0.05, 0.1) is 0 Å². The van der Waals surface area contributed by atoms with Gasteiger partial charge in [0, 0.05) is 18.8 Å². The predicted molar refractivity (Wildman–Crippen MR) is 120 cm³/mol. The average Bonchev–Trinajstić information content (AvgIpc) is 2.71. The largest absolute Gasteiger partial charge is 0.492 e. The minimum atomic E-state index is -0.787. The van der Waals surface area contributed by atoms with Crippen molar-refractivity contribution in [2.75, 3.05) is 38.2 Å². The van der Waals surface area contributed by atoms with E-state index in [9.17, 15) is 4.79 Å². The Morgan fingerprint density at radius 3 is 2.48 bits per heavy atom. The fraction of sp³-hybridized carbons (Fsp3) is 0.708. The van der Waals surface area contributed by atoms with E-state index in [1.807, 2.05) is 38.1 Å². The first-order valence-electron chi connectivity index (χ1n) is 11.4. The maximum atomic E-state index is 12.8. The number of amides is 1. The van der Waals surface area contributed by atoms with Crippen molar-refractivity contribution in [2.45, 2.75) is 71.8 Å². The summed E-state index contributed by atoms with van der Waals surface area (Å²) >= 11 is 0. The molecule has 0 unspecified atom stereocenters. The van der Waals surface area contributed by atoms with E-state index in [0.29, 0.717) is 13.2 Å². The fourth-order valence-corrected chi connectivity index (χ4v) is 3.76. The molecule has 0 bridgehead atoms. The first-order chi connectivity index (χ1) is 14.0. The Hall–Kier alpha value is -1.59. The van der Waals surface area contributed by atoms with Gasteiger partial charge in [0.1, 0.15) is 18.0 Å². The van der Waals surface area contributed by atoms with Crippen molar-refractivity contribution in [2.24, 2.45) is 5.92 Å². The molecule has 2 rings (SSSR count). The lowest BCUT2D eigenvalue weighted by Gasteiger charge is -2.30. The normalized spacial score (nSPS) is 17.7. The van der Waals surface area contributed by atoms with E-state index in [1.54, 1.807) is 0 Å². The highest BCUT2D eigenvalue weighted by Gasteiger charge is 2.33. The molecule has 164 valence electrons. The molecule has 1 N–H and O–H groups in total. The smallest absolute Gasteiger partial charge is 0.256 e. The molecule has 1 fully saturated rings. The summed E-state index contributed by atoms with van der Waals surface area (Å²) in [5.41, 5.74) is -0.0146. The summed E-state index contributed by atoms with van der Waals surface area (Å²) in [6.07, 6.45) is 6.53. The fourth-order valence-electron chi connectivity index (χ4n) is 3.76. The molecule has 1 aliphatic rings. The van der Waals surface area contributed by atoms with E-state index in [1.165, 1.54) is 25.9 Å². The van der Waals surface area contributed by atoms with Crippen LogP contribution in [0.5, 0.6) is 5.75 Å². The van der Waals surface area contributed by atoms with Crippen molar-refractivity contribution in [1.82, 2.24) is 4.90 Å². The zero-order valence-electron chi connectivity index (χ0n) is 18.8. The molecule has 29 heavy (non-hydrogen) atoms. The SMILES string of the molecule is CCCCC[C@@](C)(OCC)C(=O)Nc1ccc(OCCN2CCC(C)CC2)cc1. The topological polar surface area (TPSA) is 50.8 Å². The van der Waals surface area contributed by atoms with Crippen LogP contribution < -0.4 is 10.1 Å². The molecule has 0 radical (unpaired) electrons. The summed E-state index contributed by atoms with van der Waals surface area (Å²) in [5.74, 6) is 1.61. The molecule has 0 spiro atoms. The van der Waals surface area contributed by atoms with E-state index in [2.05, 4.69) is 24.1 Å². The molecule has 1 atom stereocenters. The molecule has 5 heteroatoms. The van der Waals surface area contributed by atoms with Crippen LogP contribution in [0, 0.1) is 5.92 Å². The van der Waals surface area contributed by atoms with Gasteiger partial charge in [-0.1, -0.05) is 33.1 Å². The molecule has 1 saturated heterocycles. The first kappa shape index (κ1) is 23.7. The second kappa shape index (κ2) is 12.2. The Bertz CT molecular complexity index is 597. The number of hydrogen-bond acceptors (Lipinski definition) is 4. The van der Waals surface area contributed by atoms with Crippen molar-refractivity contribution >= 4 is 11.6 Å². The summed E-state index contributed by atoms with van der Waals surface area (Å²) in [6.45, 7) is 12.8. The van der Waals surface area contributed by atoms with Gasteiger partial charge in [0.2, 0.25) is 0 Å². The molecular formula is C24H40N2O3. The molecule has 0 aromatic heterocycles. The number of benzene rings is 1. The standard InChI is InChI=1S/C24H40N2O3/c1-5-7-8-15-24(4,29-6-2)23(27)25-21-9-11-22(12-10-21)28-19-18-26-16-13-20(3)14-17-26/h9-12,20H,5-8,13-19H2,1-4H3,(H,25,27)/t24-/m1/s1. The van der Waals surface area contributed by atoms with Crippen LogP contribution >= 0.6 is 0 Å². The summed E-state index contributed by atoms with van der Waals surface area (Å²) in [7, 11) is 0. The number of anilines is 1. The van der Waals surface area contributed by atoms with E-state index >= 15 is 0 Å². The monoisotopic (exact) mass is 404 g/mol. The molecule has 1 aromatic carbocycles.